The predicted octanol–water partition coefficient (Wildman–Crippen LogP) is -0.655. The minimum absolute atomic E-state index is 0.103. The number of anilines is 1. The lowest BCUT2D eigenvalue weighted by molar-refractivity contribution is -0.134. The van der Waals surface area contributed by atoms with Crippen LogP contribution in [-0.2, 0) is 40.4 Å². The fourth-order valence-electron chi connectivity index (χ4n) is 3.32. The third kappa shape index (κ3) is 12.5. The van der Waals surface area contributed by atoms with E-state index in [1.165, 1.54) is 0 Å². The van der Waals surface area contributed by atoms with Crippen LogP contribution in [0.5, 0.6) is 0 Å². The van der Waals surface area contributed by atoms with Crippen molar-refractivity contribution in [2.24, 2.45) is 11.7 Å². The van der Waals surface area contributed by atoms with Gasteiger partial charge in [0.05, 0.1) is 6.61 Å². The number of amides is 5. The molecule has 1 aromatic carbocycles. The molecular weight excluding hydrogens is 522 g/mol. The summed E-state index contributed by atoms with van der Waals surface area (Å²) in [5.74, 6) is -6.82. The Hall–Kier alpha value is -3.72. The number of sulfone groups is 1. The summed E-state index contributed by atoms with van der Waals surface area (Å²) in [4.78, 5) is 59.9. The largest absolute Gasteiger partial charge is 0.480 e. The number of methoxy groups -OCH3 is 1. The minimum atomic E-state index is -4.24. The molecule has 0 saturated carbocycles. The maximum atomic E-state index is 13.0. The van der Waals surface area contributed by atoms with E-state index in [1.807, 2.05) is 0 Å². The van der Waals surface area contributed by atoms with E-state index in [4.69, 9.17) is 15.6 Å². The van der Waals surface area contributed by atoms with E-state index in [-0.39, 0.29) is 19.4 Å². The first-order valence-corrected chi connectivity index (χ1v) is 13.5. The number of rotatable bonds is 16. The molecule has 0 saturated heterocycles. The number of nitrogens with two attached hydrogens (primary N) is 1. The molecular formula is C23H35N5O9S. The second-order valence-electron chi connectivity index (χ2n) is 8.83. The summed E-state index contributed by atoms with van der Waals surface area (Å²) < 4.78 is 28.7. The standard InChI is InChI=1S/C23H35N5O9S/c1-14(2)20(28-18(29)12-38(35,36)13-19(30)31)22(33)27-17(5-4-10-25-23(24)34)21(32)26-16-8-6-15(7-9-16)11-37-3/h6-9,14,17,20H,4-5,10-13H2,1-3H3,(H,26,32)(H,27,33)(H,28,29)(H,30,31)(H3,24,25,34)/t17-,20-/m0/s1. The summed E-state index contributed by atoms with van der Waals surface area (Å²) in [5, 5.41) is 18.6. The third-order valence-corrected chi connectivity index (χ3v) is 6.48. The maximum Gasteiger partial charge on any atom is 0.318 e. The van der Waals surface area contributed by atoms with Gasteiger partial charge in [-0.15, -0.1) is 0 Å². The molecule has 0 aromatic heterocycles. The molecule has 7 N–H and O–H groups in total. The second kappa shape index (κ2) is 15.5. The zero-order valence-corrected chi connectivity index (χ0v) is 22.3. The summed E-state index contributed by atoms with van der Waals surface area (Å²) in [6, 6.07) is 3.80. The summed E-state index contributed by atoms with van der Waals surface area (Å²) in [6.45, 7) is 3.74. The van der Waals surface area contributed by atoms with E-state index in [0.717, 1.165) is 5.56 Å². The van der Waals surface area contributed by atoms with Crippen molar-refractivity contribution >= 4 is 45.2 Å². The predicted molar refractivity (Wildman–Crippen MR) is 138 cm³/mol. The molecule has 0 heterocycles. The number of hydrogen-bond donors (Lipinski definition) is 6. The van der Waals surface area contributed by atoms with Crippen molar-refractivity contribution < 1.29 is 42.2 Å². The molecule has 0 aliphatic carbocycles. The van der Waals surface area contributed by atoms with Gasteiger partial charge in [-0.2, -0.15) is 0 Å². The fourth-order valence-corrected chi connectivity index (χ4v) is 4.28. The highest BCUT2D eigenvalue weighted by Crippen LogP contribution is 2.12. The normalized spacial score (nSPS) is 12.7. The summed E-state index contributed by atoms with van der Waals surface area (Å²) in [7, 11) is -2.68. The number of ether oxygens (including phenoxy) is 1. The molecule has 1 aromatic rings. The SMILES string of the molecule is COCc1ccc(NC(=O)[C@H](CCCNC(N)=O)NC(=O)[C@@H](NC(=O)CS(=O)(=O)CC(=O)O)C(C)C)cc1. The van der Waals surface area contributed by atoms with Crippen molar-refractivity contribution in [1.82, 2.24) is 16.0 Å². The molecule has 0 unspecified atom stereocenters. The van der Waals surface area contributed by atoms with Crippen molar-refractivity contribution in [2.75, 3.05) is 30.5 Å². The van der Waals surface area contributed by atoms with Crippen molar-refractivity contribution in [3.05, 3.63) is 29.8 Å². The zero-order chi connectivity index (χ0) is 28.9. The van der Waals surface area contributed by atoms with E-state index in [2.05, 4.69) is 21.3 Å². The Morgan fingerprint density at radius 3 is 2.16 bits per heavy atom. The van der Waals surface area contributed by atoms with Gasteiger partial charge in [0.2, 0.25) is 17.7 Å². The zero-order valence-electron chi connectivity index (χ0n) is 21.5. The average Bonchev–Trinajstić information content (AvgIpc) is 2.79. The van der Waals surface area contributed by atoms with Crippen LogP contribution in [0.1, 0.15) is 32.3 Å². The van der Waals surface area contributed by atoms with Gasteiger partial charge in [-0.1, -0.05) is 26.0 Å². The van der Waals surface area contributed by atoms with E-state index >= 15 is 0 Å². The first-order chi connectivity index (χ1) is 17.7. The monoisotopic (exact) mass is 557 g/mol. The number of carboxylic acid groups (broad SMARTS) is 1. The summed E-state index contributed by atoms with van der Waals surface area (Å²) in [6.07, 6.45) is 0.381. The van der Waals surface area contributed by atoms with Crippen molar-refractivity contribution in [3.63, 3.8) is 0 Å². The van der Waals surface area contributed by atoms with Crippen LogP contribution < -0.4 is 27.0 Å². The second-order valence-corrected chi connectivity index (χ2v) is 10.9. The molecule has 14 nitrogen and oxygen atoms in total. The highest BCUT2D eigenvalue weighted by Gasteiger charge is 2.30. The highest BCUT2D eigenvalue weighted by atomic mass is 32.2. The number of carbonyl (C=O) groups excluding carboxylic acids is 4. The molecule has 0 spiro atoms. The van der Waals surface area contributed by atoms with E-state index in [1.54, 1.807) is 45.2 Å². The van der Waals surface area contributed by atoms with Gasteiger partial charge in [-0.3, -0.25) is 19.2 Å². The van der Waals surface area contributed by atoms with Gasteiger partial charge < -0.3 is 36.8 Å². The molecule has 38 heavy (non-hydrogen) atoms. The van der Waals surface area contributed by atoms with Gasteiger partial charge in [0.15, 0.2) is 9.84 Å². The average molecular weight is 558 g/mol. The Kier molecular flexibility index (Phi) is 13.2. The van der Waals surface area contributed by atoms with Crippen molar-refractivity contribution in [3.8, 4) is 0 Å². The maximum absolute atomic E-state index is 13.0. The number of carbonyl (C=O) groups is 5. The van der Waals surface area contributed by atoms with Crippen LogP contribution in [0, 0.1) is 5.92 Å². The number of urea groups is 1. The lowest BCUT2D eigenvalue weighted by Gasteiger charge is -2.25. The van der Waals surface area contributed by atoms with Crippen LogP contribution in [0.4, 0.5) is 10.5 Å². The Morgan fingerprint density at radius 1 is 1.00 bits per heavy atom. The topological polar surface area (TPSA) is 223 Å². The van der Waals surface area contributed by atoms with E-state index < -0.39 is 69.1 Å². The minimum Gasteiger partial charge on any atom is -0.480 e. The van der Waals surface area contributed by atoms with Crippen LogP contribution >= 0.6 is 0 Å². The lowest BCUT2D eigenvalue weighted by atomic mass is 10.0. The Balaban J connectivity index is 2.97. The van der Waals surface area contributed by atoms with Gasteiger partial charge in [-0.05, 0) is 36.5 Å². The molecule has 0 fully saturated rings. The van der Waals surface area contributed by atoms with Gasteiger partial charge in [0.1, 0.15) is 23.6 Å². The van der Waals surface area contributed by atoms with E-state index in [9.17, 15) is 32.4 Å². The van der Waals surface area contributed by atoms with Gasteiger partial charge >= 0.3 is 12.0 Å². The first-order valence-electron chi connectivity index (χ1n) is 11.7. The molecule has 0 bridgehead atoms. The Morgan fingerprint density at radius 2 is 1.63 bits per heavy atom. The number of nitrogens with one attached hydrogen (secondary N) is 4. The molecule has 15 heteroatoms. The van der Waals surface area contributed by atoms with Crippen LogP contribution in [0.25, 0.3) is 0 Å². The van der Waals surface area contributed by atoms with Crippen molar-refractivity contribution in [1.29, 1.82) is 0 Å². The summed E-state index contributed by atoms with van der Waals surface area (Å²) >= 11 is 0. The number of primary amides is 1. The van der Waals surface area contributed by atoms with Gasteiger partial charge in [-0.25, -0.2) is 13.2 Å². The Labute approximate surface area is 221 Å². The quantitative estimate of drug-likeness (QED) is 0.142. The van der Waals surface area contributed by atoms with Crippen LogP contribution in [-0.4, -0.2) is 80.5 Å². The van der Waals surface area contributed by atoms with Gasteiger partial charge in [0, 0.05) is 19.3 Å². The van der Waals surface area contributed by atoms with Crippen LogP contribution in [0.2, 0.25) is 0 Å². The van der Waals surface area contributed by atoms with Crippen molar-refractivity contribution in [2.45, 2.75) is 45.4 Å². The molecule has 2 atom stereocenters. The number of benzene rings is 1. The summed E-state index contributed by atoms with van der Waals surface area (Å²) in [5.41, 5.74) is 6.39. The molecule has 0 radical (unpaired) electrons. The molecule has 0 aliphatic rings. The first kappa shape index (κ1) is 32.3. The smallest absolute Gasteiger partial charge is 0.318 e. The Bertz CT molecular complexity index is 1090. The fraction of sp³-hybridized carbons (Fsp3) is 0.522. The van der Waals surface area contributed by atoms with Crippen LogP contribution in [0.15, 0.2) is 24.3 Å². The molecule has 1 rings (SSSR count). The number of carboxylic acids is 1. The van der Waals surface area contributed by atoms with Gasteiger partial charge in [0.25, 0.3) is 0 Å². The van der Waals surface area contributed by atoms with Crippen LogP contribution in [0.3, 0.4) is 0 Å². The molecule has 212 valence electrons. The number of hydrogen-bond acceptors (Lipinski definition) is 8. The highest BCUT2D eigenvalue weighted by molar-refractivity contribution is 7.92. The molecule has 5 amide bonds. The van der Waals surface area contributed by atoms with E-state index in [0.29, 0.717) is 12.3 Å². The third-order valence-electron chi connectivity index (χ3n) is 5.09. The lowest BCUT2D eigenvalue weighted by Crippen LogP contribution is -2.55. The number of aliphatic carboxylic acids is 1. The molecule has 0 aliphatic heterocycles.